The molecule has 0 saturated heterocycles. The second kappa shape index (κ2) is 6.85. The first-order chi connectivity index (χ1) is 9.54. The summed E-state index contributed by atoms with van der Waals surface area (Å²) in [6.45, 7) is 0. The number of carbonyl (C=O) groups excluding carboxylic acids is 1. The lowest BCUT2D eigenvalue weighted by Gasteiger charge is -2.07. The molecule has 1 amide bonds. The summed E-state index contributed by atoms with van der Waals surface area (Å²) < 4.78 is 1.79. The highest BCUT2D eigenvalue weighted by Crippen LogP contribution is 2.20. The van der Waals surface area contributed by atoms with E-state index in [0.717, 1.165) is 14.5 Å². The van der Waals surface area contributed by atoms with Gasteiger partial charge in [-0.25, -0.2) is 4.98 Å². The predicted octanol–water partition coefficient (Wildman–Crippen LogP) is 3.76. The predicted molar refractivity (Wildman–Crippen MR) is 87.4 cm³/mol. The number of carbonyl (C=O) groups is 1. The van der Waals surface area contributed by atoms with Crippen molar-refractivity contribution in [1.29, 1.82) is 0 Å². The van der Waals surface area contributed by atoms with Crippen molar-refractivity contribution >= 4 is 49.3 Å². The van der Waals surface area contributed by atoms with Gasteiger partial charge in [0.1, 0.15) is 0 Å². The Labute approximate surface area is 134 Å². The van der Waals surface area contributed by atoms with Crippen molar-refractivity contribution in [2.45, 2.75) is 12.8 Å². The number of halogens is 2. The molecule has 4 nitrogen and oxygen atoms in total. The fraction of sp³-hybridized carbons (Fsp3) is 0.143. The summed E-state index contributed by atoms with van der Waals surface area (Å²) >= 11 is 6.68. The first kappa shape index (κ1) is 15.0. The highest BCUT2D eigenvalue weighted by molar-refractivity contribution is 9.10. The first-order valence-electron chi connectivity index (χ1n) is 6.00. The Morgan fingerprint density at radius 3 is 2.75 bits per heavy atom. The van der Waals surface area contributed by atoms with E-state index in [1.165, 1.54) is 0 Å². The van der Waals surface area contributed by atoms with E-state index in [4.69, 9.17) is 5.73 Å². The molecular weight excluding hydrogens is 386 g/mol. The molecule has 6 heteroatoms. The molecular formula is C14H13Br2N3O. The molecule has 0 aliphatic rings. The number of nitrogens with zero attached hydrogens (tertiary/aromatic N) is 1. The van der Waals surface area contributed by atoms with Crippen LogP contribution < -0.4 is 11.1 Å². The van der Waals surface area contributed by atoms with Gasteiger partial charge in [-0.1, -0.05) is 28.1 Å². The lowest BCUT2D eigenvalue weighted by Crippen LogP contribution is -2.14. The van der Waals surface area contributed by atoms with Crippen LogP contribution in [0, 0.1) is 0 Å². The minimum absolute atomic E-state index is 0.105. The van der Waals surface area contributed by atoms with Gasteiger partial charge >= 0.3 is 0 Å². The number of hydrogen-bond donors (Lipinski definition) is 2. The quantitative estimate of drug-likeness (QED) is 0.823. The number of amides is 1. The van der Waals surface area contributed by atoms with Gasteiger partial charge in [0.15, 0.2) is 5.82 Å². The molecule has 0 atom stereocenters. The molecule has 104 valence electrons. The number of nitrogens with one attached hydrogen (secondary N) is 1. The minimum atomic E-state index is -0.105. The maximum atomic E-state index is 11.9. The van der Waals surface area contributed by atoms with Gasteiger partial charge in [-0.05, 0) is 46.1 Å². The molecule has 1 aromatic carbocycles. The van der Waals surface area contributed by atoms with E-state index in [1.54, 1.807) is 12.3 Å². The smallest absolute Gasteiger partial charge is 0.225 e. The molecule has 0 aliphatic heterocycles. The number of hydrogen-bond acceptors (Lipinski definition) is 3. The fourth-order valence-corrected chi connectivity index (χ4v) is 2.50. The molecule has 2 rings (SSSR count). The van der Waals surface area contributed by atoms with E-state index < -0.39 is 0 Å². The van der Waals surface area contributed by atoms with Crippen molar-refractivity contribution < 1.29 is 4.79 Å². The third-order valence-electron chi connectivity index (χ3n) is 2.67. The number of anilines is 2. The summed E-state index contributed by atoms with van der Waals surface area (Å²) in [7, 11) is 0. The van der Waals surface area contributed by atoms with Gasteiger partial charge in [0.2, 0.25) is 5.91 Å². The zero-order valence-electron chi connectivity index (χ0n) is 10.6. The fourth-order valence-electron chi connectivity index (χ4n) is 1.70. The van der Waals surface area contributed by atoms with Crippen LogP contribution in [0.15, 0.2) is 45.5 Å². The summed E-state index contributed by atoms with van der Waals surface area (Å²) in [6.07, 6.45) is 2.65. The minimum Gasteiger partial charge on any atom is -0.396 e. The highest BCUT2D eigenvalue weighted by Gasteiger charge is 2.07. The van der Waals surface area contributed by atoms with E-state index in [0.29, 0.717) is 24.3 Å². The number of aryl methyl sites for hydroxylation is 1. The largest absolute Gasteiger partial charge is 0.396 e. The van der Waals surface area contributed by atoms with E-state index in [-0.39, 0.29) is 5.91 Å². The SMILES string of the molecule is Nc1cc(Br)cnc1NC(=O)CCc1cccc(Br)c1. The Morgan fingerprint density at radius 1 is 1.25 bits per heavy atom. The standard InChI is InChI=1S/C14H13Br2N3O/c15-10-3-1-2-9(6-10)4-5-13(20)19-14-12(17)7-11(16)8-18-14/h1-3,6-8H,4-5,17H2,(H,18,19,20). The number of benzene rings is 1. The zero-order chi connectivity index (χ0) is 14.5. The van der Waals surface area contributed by atoms with Crippen molar-refractivity contribution in [2.24, 2.45) is 0 Å². The van der Waals surface area contributed by atoms with Gasteiger partial charge in [0.25, 0.3) is 0 Å². The first-order valence-corrected chi connectivity index (χ1v) is 7.58. The van der Waals surface area contributed by atoms with Crippen molar-refractivity contribution in [3.05, 3.63) is 51.0 Å². The Hall–Kier alpha value is -1.40. The summed E-state index contributed by atoms with van der Waals surface area (Å²) in [5.74, 6) is 0.291. The van der Waals surface area contributed by atoms with Crippen LogP contribution in [0.25, 0.3) is 0 Å². The number of pyridine rings is 1. The topological polar surface area (TPSA) is 68.0 Å². The number of aromatic nitrogens is 1. The monoisotopic (exact) mass is 397 g/mol. The lowest BCUT2D eigenvalue weighted by molar-refractivity contribution is -0.116. The Morgan fingerprint density at radius 2 is 2.05 bits per heavy atom. The molecule has 0 radical (unpaired) electrons. The second-order valence-electron chi connectivity index (χ2n) is 4.27. The molecule has 1 heterocycles. The average Bonchev–Trinajstić information content (AvgIpc) is 2.40. The van der Waals surface area contributed by atoms with Crippen molar-refractivity contribution in [3.63, 3.8) is 0 Å². The van der Waals surface area contributed by atoms with Gasteiger partial charge in [-0.2, -0.15) is 0 Å². The molecule has 3 N–H and O–H groups in total. The molecule has 0 unspecified atom stereocenters. The molecule has 20 heavy (non-hydrogen) atoms. The third-order valence-corrected chi connectivity index (χ3v) is 3.60. The van der Waals surface area contributed by atoms with Crippen molar-refractivity contribution in [1.82, 2.24) is 4.98 Å². The molecule has 0 bridgehead atoms. The maximum Gasteiger partial charge on any atom is 0.225 e. The van der Waals surface area contributed by atoms with Gasteiger partial charge in [0.05, 0.1) is 5.69 Å². The average molecular weight is 399 g/mol. The number of nitrogens with two attached hydrogens (primary N) is 1. The summed E-state index contributed by atoms with van der Waals surface area (Å²) in [5.41, 5.74) is 7.33. The van der Waals surface area contributed by atoms with Crippen LogP contribution >= 0.6 is 31.9 Å². The van der Waals surface area contributed by atoms with Crippen LogP contribution in [0.4, 0.5) is 11.5 Å². The van der Waals surface area contributed by atoms with Crippen LogP contribution in [0.1, 0.15) is 12.0 Å². The van der Waals surface area contributed by atoms with Gasteiger partial charge in [-0.15, -0.1) is 0 Å². The Balaban J connectivity index is 1.92. The summed E-state index contributed by atoms with van der Waals surface area (Å²) in [4.78, 5) is 16.0. The van der Waals surface area contributed by atoms with Gasteiger partial charge < -0.3 is 11.1 Å². The second-order valence-corrected chi connectivity index (χ2v) is 6.10. The van der Waals surface area contributed by atoms with E-state index in [9.17, 15) is 4.79 Å². The molecule has 0 saturated carbocycles. The zero-order valence-corrected chi connectivity index (χ0v) is 13.7. The third kappa shape index (κ3) is 4.31. The normalized spacial score (nSPS) is 10.3. The van der Waals surface area contributed by atoms with E-state index in [1.807, 2.05) is 24.3 Å². The maximum absolute atomic E-state index is 11.9. The summed E-state index contributed by atoms with van der Waals surface area (Å²) in [5, 5.41) is 2.71. The Kier molecular flexibility index (Phi) is 5.14. The molecule has 0 aliphatic carbocycles. The number of rotatable bonds is 4. The Bertz CT molecular complexity index is 632. The molecule has 2 aromatic rings. The van der Waals surface area contributed by atoms with E-state index in [2.05, 4.69) is 42.2 Å². The van der Waals surface area contributed by atoms with Crippen LogP contribution in [0.2, 0.25) is 0 Å². The molecule has 0 fully saturated rings. The summed E-state index contributed by atoms with van der Waals surface area (Å²) in [6, 6.07) is 9.60. The van der Waals surface area contributed by atoms with E-state index >= 15 is 0 Å². The van der Waals surface area contributed by atoms with Crippen LogP contribution in [-0.4, -0.2) is 10.9 Å². The molecule has 1 aromatic heterocycles. The number of nitrogen functional groups attached to an aromatic ring is 1. The molecule has 0 spiro atoms. The van der Waals surface area contributed by atoms with Crippen molar-refractivity contribution in [3.8, 4) is 0 Å². The van der Waals surface area contributed by atoms with Gasteiger partial charge in [0, 0.05) is 21.6 Å². The van der Waals surface area contributed by atoms with Crippen LogP contribution in [-0.2, 0) is 11.2 Å². The highest BCUT2D eigenvalue weighted by atomic mass is 79.9. The lowest BCUT2D eigenvalue weighted by atomic mass is 10.1. The van der Waals surface area contributed by atoms with Gasteiger partial charge in [-0.3, -0.25) is 4.79 Å². The van der Waals surface area contributed by atoms with Crippen LogP contribution in [0.5, 0.6) is 0 Å². The van der Waals surface area contributed by atoms with Crippen LogP contribution in [0.3, 0.4) is 0 Å². The van der Waals surface area contributed by atoms with Crippen molar-refractivity contribution in [2.75, 3.05) is 11.1 Å².